The minimum absolute atomic E-state index is 0.0127. The molecule has 1 unspecified atom stereocenters. The average Bonchev–Trinajstić information content (AvgIpc) is 2.37. The highest BCUT2D eigenvalue weighted by atomic mass is 19.1. The van der Waals surface area contributed by atoms with Gasteiger partial charge in [0.15, 0.2) is 0 Å². The van der Waals surface area contributed by atoms with Gasteiger partial charge >= 0.3 is 5.97 Å². The summed E-state index contributed by atoms with van der Waals surface area (Å²) in [6, 6.07) is 5.49. The smallest absolute Gasteiger partial charge is 0.338 e. The highest BCUT2D eigenvalue weighted by Crippen LogP contribution is 2.13. The fourth-order valence-electron chi connectivity index (χ4n) is 1.81. The molecule has 0 saturated carbocycles. The Bertz CT molecular complexity index is 386. The van der Waals surface area contributed by atoms with Crippen LogP contribution in [0.5, 0.6) is 0 Å². The SMILES string of the molecule is O=C(OCC1CCCCO1)c1cccc(F)c1. The van der Waals surface area contributed by atoms with Gasteiger partial charge in [-0.2, -0.15) is 0 Å². The van der Waals surface area contributed by atoms with E-state index in [9.17, 15) is 9.18 Å². The molecule has 1 aliphatic heterocycles. The number of halogens is 1. The number of benzene rings is 1. The Labute approximate surface area is 99.5 Å². The normalized spacial score (nSPS) is 19.9. The summed E-state index contributed by atoms with van der Waals surface area (Å²) in [4.78, 5) is 11.6. The Morgan fingerprint density at radius 1 is 1.47 bits per heavy atom. The van der Waals surface area contributed by atoms with Crippen molar-refractivity contribution in [2.45, 2.75) is 25.4 Å². The predicted molar refractivity (Wildman–Crippen MR) is 60.3 cm³/mol. The number of hydrogen-bond acceptors (Lipinski definition) is 3. The van der Waals surface area contributed by atoms with Crippen molar-refractivity contribution in [3.8, 4) is 0 Å². The van der Waals surface area contributed by atoms with E-state index in [1.165, 1.54) is 24.3 Å². The largest absolute Gasteiger partial charge is 0.459 e. The van der Waals surface area contributed by atoms with E-state index in [0.29, 0.717) is 0 Å². The van der Waals surface area contributed by atoms with Gasteiger partial charge in [0, 0.05) is 6.61 Å². The number of hydrogen-bond donors (Lipinski definition) is 0. The molecule has 0 aromatic heterocycles. The van der Waals surface area contributed by atoms with Crippen molar-refractivity contribution in [3.05, 3.63) is 35.6 Å². The van der Waals surface area contributed by atoms with Gasteiger partial charge < -0.3 is 9.47 Å². The van der Waals surface area contributed by atoms with E-state index in [-0.39, 0.29) is 18.3 Å². The standard InChI is InChI=1S/C13H15FO3/c14-11-5-3-4-10(8-11)13(15)17-9-12-6-1-2-7-16-12/h3-5,8,12H,1-2,6-7,9H2. The molecule has 1 aromatic rings. The van der Waals surface area contributed by atoms with Gasteiger partial charge in [0.1, 0.15) is 12.4 Å². The van der Waals surface area contributed by atoms with Crippen LogP contribution in [0.1, 0.15) is 29.6 Å². The van der Waals surface area contributed by atoms with Crippen molar-refractivity contribution >= 4 is 5.97 Å². The predicted octanol–water partition coefficient (Wildman–Crippen LogP) is 2.55. The second kappa shape index (κ2) is 5.77. The molecule has 0 spiro atoms. The molecule has 3 nitrogen and oxygen atoms in total. The number of carbonyl (C=O) groups excluding carboxylic acids is 1. The van der Waals surface area contributed by atoms with Crippen molar-refractivity contribution in [2.75, 3.05) is 13.2 Å². The van der Waals surface area contributed by atoms with Crippen LogP contribution in [0.2, 0.25) is 0 Å². The Hall–Kier alpha value is -1.42. The van der Waals surface area contributed by atoms with Gasteiger partial charge in [-0.3, -0.25) is 0 Å². The maximum absolute atomic E-state index is 12.9. The van der Waals surface area contributed by atoms with E-state index >= 15 is 0 Å². The molecule has 2 rings (SSSR count). The molecule has 0 N–H and O–H groups in total. The van der Waals surface area contributed by atoms with Crippen LogP contribution in [0.25, 0.3) is 0 Å². The summed E-state index contributed by atoms with van der Waals surface area (Å²) >= 11 is 0. The summed E-state index contributed by atoms with van der Waals surface area (Å²) in [5, 5.41) is 0. The molecule has 1 heterocycles. The van der Waals surface area contributed by atoms with Crippen LogP contribution in [-0.4, -0.2) is 25.3 Å². The third-order valence-electron chi connectivity index (χ3n) is 2.73. The van der Waals surface area contributed by atoms with Crippen LogP contribution < -0.4 is 0 Å². The van der Waals surface area contributed by atoms with Crippen LogP contribution in [-0.2, 0) is 9.47 Å². The molecule has 0 amide bonds. The third-order valence-corrected chi connectivity index (χ3v) is 2.73. The fourth-order valence-corrected chi connectivity index (χ4v) is 1.81. The van der Waals surface area contributed by atoms with Gasteiger partial charge in [-0.25, -0.2) is 9.18 Å². The third kappa shape index (κ3) is 3.53. The number of ether oxygens (including phenoxy) is 2. The first-order valence-corrected chi connectivity index (χ1v) is 5.80. The molecule has 0 bridgehead atoms. The average molecular weight is 238 g/mol. The zero-order chi connectivity index (χ0) is 12.1. The van der Waals surface area contributed by atoms with Crippen molar-refractivity contribution in [2.24, 2.45) is 0 Å². The molecule has 1 aliphatic rings. The van der Waals surface area contributed by atoms with Gasteiger partial charge in [-0.15, -0.1) is 0 Å². The summed E-state index contributed by atoms with van der Waals surface area (Å²) < 4.78 is 23.4. The first-order chi connectivity index (χ1) is 8.25. The second-order valence-electron chi connectivity index (χ2n) is 4.10. The highest BCUT2D eigenvalue weighted by Gasteiger charge is 2.16. The Kier molecular flexibility index (Phi) is 4.09. The first kappa shape index (κ1) is 12.0. The van der Waals surface area contributed by atoms with Crippen LogP contribution >= 0.6 is 0 Å². The summed E-state index contributed by atoms with van der Waals surface area (Å²) in [5.41, 5.74) is 0.237. The maximum atomic E-state index is 12.9. The zero-order valence-electron chi connectivity index (χ0n) is 9.52. The van der Waals surface area contributed by atoms with E-state index in [0.717, 1.165) is 25.9 Å². The molecular weight excluding hydrogens is 223 g/mol. The summed E-state index contributed by atoms with van der Waals surface area (Å²) in [6.45, 7) is 0.970. The highest BCUT2D eigenvalue weighted by molar-refractivity contribution is 5.89. The van der Waals surface area contributed by atoms with Gasteiger partial charge in [-0.05, 0) is 37.5 Å². The second-order valence-corrected chi connectivity index (χ2v) is 4.10. The van der Waals surface area contributed by atoms with Crippen LogP contribution in [0, 0.1) is 5.82 Å². The lowest BCUT2D eigenvalue weighted by molar-refractivity contribution is -0.0300. The quantitative estimate of drug-likeness (QED) is 0.759. The topological polar surface area (TPSA) is 35.5 Å². The molecule has 4 heteroatoms. The maximum Gasteiger partial charge on any atom is 0.338 e. The lowest BCUT2D eigenvalue weighted by Crippen LogP contribution is -2.25. The van der Waals surface area contributed by atoms with E-state index in [4.69, 9.17) is 9.47 Å². The van der Waals surface area contributed by atoms with Gasteiger partial charge in [0.2, 0.25) is 0 Å². The van der Waals surface area contributed by atoms with E-state index in [1.54, 1.807) is 0 Å². The van der Waals surface area contributed by atoms with E-state index in [2.05, 4.69) is 0 Å². The first-order valence-electron chi connectivity index (χ1n) is 5.80. The molecule has 0 radical (unpaired) electrons. The summed E-state index contributed by atoms with van der Waals surface area (Å²) in [7, 11) is 0. The van der Waals surface area contributed by atoms with E-state index in [1.807, 2.05) is 0 Å². The molecule has 0 aliphatic carbocycles. The minimum atomic E-state index is -0.501. The van der Waals surface area contributed by atoms with Crippen LogP contribution in [0.3, 0.4) is 0 Å². The van der Waals surface area contributed by atoms with Crippen LogP contribution in [0.4, 0.5) is 4.39 Å². The lowest BCUT2D eigenvalue weighted by Gasteiger charge is -2.22. The summed E-state index contributed by atoms with van der Waals surface area (Å²) in [5.74, 6) is -0.938. The van der Waals surface area contributed by atoms with Crippen molar-refractivity contribution in [3.63, 3.8) is 0 Å². The fraction of sp³-hybridized carbons (Fsp3) is 0.462. The lowest BCUT2D eigenvalue weighted by atomic mass is 10.1. The molecule has 1 saturated heterocycles. The Balaban J connectivity index is 1.84. The molecule has 1 fully saturated rings. The molecule has 92 valence electrons. The van der Waals surface area contributed by atoms with Gasteiger partial charge in [0.05, 0.1) is 11.7 Å². The monoisotopic (exact) mass is 238 g/mol. The number of carbonyl (C=O) groups is 1. The van der Waals surface area contributed by atoms with Crippen molar-refractivity contribution in [1.29, 1.82) is 0 Å². The molecule has 17 heavy (non-hydrogen) atoms. The Morgan fingerprint density at radius 3 is 3.06 bits per heavy atom. The van der Waals surface area contributed by atoms with Crippen LogP contribution in [0.15, 0.2) is 24.3 Å². The van der Waals surface area contributed by atoms with Crippen molar-refractivity contribution in [1.82, 2.24) is 0 Å². The molecular formula is C13H15FO3. The van der Waals surface area contributed by atoms with Crippen molar-refractivity contribution < 1.29 is 18.7 Å². The number of rotatable bonds is 3. The number of esters is 1. The van der Waals surface area contributed by atoms with Gasteiger partial charge in [-0.1, -0.05) is 6.07 Å². The van der Waals surface area contributed by atoms with E-state index < -0.39 is 11.8 Å². The van der Waals surface area contributed by atoms with Gasteiger partial charge in [0.25, 0.3) is 0 Å². The zero-order valence-corrected chi connectivity index (χ0v) is 9.52. The Morgan fingerprint density at radius 2 is 2.35 bits per heavy atom. The minimum Gasteiger partial charge on any atom is -0.459 e. The molecule has 1 aromatic carbocycles. The summed E-state index contributed by atoms with van der Waals surface area (Å²) in [6.07, 6.45) is 3.06. The molecule has 1 atom stereocenters.